The van der Waals surface area contributed by atoms with Crippen LogP contribution in [-0.2, 0) is 22.1 Å². The van der Waals surface area contributed by atoms with E-state index in [9.17, 15) is 9.90 Å². The number of benzene rings is 1. The van der Waals surface area contributed by atoms with Gasteiger partial charge in [-0.05, 0) is 23.0 Å². The molecule has 0 radical (unpaired) electrons. The molecule has 3 rings (SSSR count). The van der Waals surface area contributed by atoms with E-state index in [-0.39, 0.29) is 16.9 Å². The summed E-state index contributed by atoms with van der Waals surface area (Å²) in [5, 5.41) is 14.1. The molecule has 1 fully saturated rings. The molecule has 1 amide bonds. The highest BCUT2D eigenvalue weighted by atomic mass is 32.1. The molecule has 0 bridgehead atoms. The van der Waals surface area contributed by atoms with Crippen molar-refractivity contribution in [1.82, 2.24) is 14.8 Å². The van der Waals surface area contributed by atoms with Gasteiger partial charge in [-0.3, -0.25) is 4.90 Å². The van der Waals surface area contributed by atoms with Gasteiger partial charge in [-0.25, -0.2) is 9.78 Å². The summed E-state index contributed by atoms with van der Waals surface area (Å²) in [6.45, 7) is 16.5. The largest absolute Gasteiger partial charge is 0.507 e. The van der Waals surface area contributed by atoms with Gasteiger partial charge in [0.2, 0.25) is 0 Å². The molecular formula is C24H35N3O3S. The number of piperazine rings is 1. The number of aromatic nitrogens is 1. The van der Waals surface area contributed by atoms with Crippen LogP contribution in [-0.4, -0.2) is 59.3 Å². The van der Waals surface area contributed by atoms with Gasteiger partial charge in [0.05, 0.1) is 19.3 Å². The maximum Gasteiger partial charge on any atom is 0.409 e. The van der Waals surface area contributed by atoms with Crippen LogP contribution < -0.4 is 0 Å². The molecule has 6 nitrogen and oxygen atoms in total. The molecule has 1 aromatic carbocycles. The third-order valence-electron chi connectivity index (χ3n) is 5.74. The fraction of sp³-hybridized carbons (Fsp3) is 0.583. The SMILES string of the molecule is COC(=O)N1CCN(Cc2nc(-c3cc(C(C)(C)C)c(O)c(C(C)(C)C)c3)cs2)CC1. The lowest BCUT2D eigenvalue weighted by molar-refractivity contribution is 0.0889. The molecule has 0 spiro atoms. The van der Waals surface area contributed by atoms with Gasteiger partial charge in [-0.2, -0.15) is 0 Å². The Labute approximate surface area is 189 Å². The van der Waals surface area contributed by atoms with Crippen LogP contribution in [0.3, 0.4) is 0 Å². The van der Waals surface area contributed by atoms with Crippen LogP contribution in [0, 0.1) is 0 Å². The van der Waals surface area contributed by atoms with E-state index < -0.39 is 0 Å². The molecule has 2 aromatic rings. The number of carbonyl (C=O) groups is 1. The summed E-state index contributed by atoms with van der Waals surface area (Å²) in [7, 11) is 1.42. The maximum absolute atomic E-state index is 11.7. The van der Waals surface area contributed by atoms with Crippen molar-refractivity contribution in [3.05, 3.63) is 33.6 Å². The van der Waals surface area contributed by atoms with Crippen LogP contribution in [0.25, 0.3) is 11.3 Å². The second-order valence-electron chi connectivity index (χ2n) is 10.3. The Morgan fingerprint density at radius 3 is 2.10 bits per heavy atom. The Morgan fingerprint density at radius 2 is 1.61 bits per heavy atom. The Kier molecular flexibility index (Phi) is 6.67. The fourth-order valence-corrected chi connectivity index (χ4v) is 4.70. The van der Waals surface area contributed by atoms with Crippen molar-refractivity contribution >= 4 is 17.4 Å². The van der Waals surface area contributed by atoms with E-state index in [1.807, 2.05) is 0 Å². The highest BCUT2D eigenvalue weighted by Gasteiger charge is 2.27. The van der Waals surface area contributed by atoms with Crippen molar-refractivity contribution in [2.45, 2.75) is 58.9 Å². The molecule has 1 N–H and O–H groups in total. The highest BCUT2D eigenvalue weighted by molar-refractivity contribution is 7.09. The number of ether oxygens (including phenoxy) is 1. The van der Waals surface area contributed by atoms with E-state index in [2.05, 4.69) is 64.0 Å². The van der Waals surface area contributed by atoms with Gasteiger partial charge in [0.15, 0.2) is 0 Å². The molecule has 0 unspecified atom stereocenters. The van der Waals surface area contributed by atoms with E-state index >= 15 is 0 Å². The number of rotatable bonds is 3. The molecule has 31 heavy (non-hydrogen) atoms. The van der Waals surface area contributed by atoms with E-state index in [1.54, 1.807) is 16.2 Å². The van der Waals surface area contributed by atoms with Crippen molar-refractivity contribution in [3.8, 4) is 17.0 Å². The molecule has 1 saturated heterocycles. The minimum atomic E-state index is -0.257. The van der Waals surface area contributed by atoms with Crippen molar-refractivity contribution in [2.24, 2.45) is 0 Å². The maximum atomic E-state index is 11.7. The number of nitrogens with zero attached hydrogens (tertiary/aromatic N) is 3. The van der Waals surface area contributed by atoms with Gasteiger partial charge >= 0.3 is 6.09 Å². The zero-order valence-electron chi connectivity index (χ0n) is 19.8. The Bertz CT molecular complexity index is 897. The number of hydrogen-bond acceptors (Lipinski definition) is 6. The summed E-state index contributed by atoms with van der Waals surface area (Å²) in [5.74, 6) is 0.391. The van der Waals surface area contributed by atoms with Crippen LogP contribution in [0.5, 0.6) is 5.75 Å². The summed E-state index contributed by atoms with van der Waals surface area (Å²) in [6, 6.07) is 4.16. The first kappa shape index (κ1) is 23.5. The van der Waals surface area contributed by atoms with Gasteiger partial charge < -0.3 is 14.7 Å². The molecule has 0 aliphatic carbocycles. The van der Waals surface area contributed by atoms with Gasteiger partial charge in [0, 0.05) is 48.2 Å². The zero-order chi connectivity index (χ0) is 23.0. The van der Waals surface area contributed by atoms with Gasteiger partial charge in [-0.1, -0.05) is 41.5 Å². The Balaban J connectivity index is 1.82. The second-order valence-corrected chi connectivity index (χ2v) is 11.2. The molecular weight excluding hydrogens is 410 g/mol. The van der Waals surface area contributed by atoms with Gasteiger partial charge in [0.25, 0.3) is 0 Å². The number of aromatic hydroxyl groups is 1. The Hall–Kier alpha value is -2.12. The third kappa shape index (κ3) is 5.39. The number of phenolic OH excluding ortho intramolecular Hbond substituents is 1. The number of thiazole rings is 1. The lowest BCUT2D eigenvalue weighted by Crippen LogP contribution is -2.48. The van der Waals surface area contributed by atoms with E-state index in [0.717, 1.165) is 47.0 Å². The number of hydrogen-bond donors (Lipinski definition) is 1. The van der Waals surface area contributed by atoms with E-state index in [1.165, 1.54) is 7.11 Å². The number of amides is 1. The molecule has 2 heterocycles. The molecule has 7 heteroatoms. The van der Waals surface area contributed by atoms with E-state index in [0.29, 0.717) is 18.8 Å². The van der Waals surface area contributed by atoms with Crippen LogP contribution in [0.2, 0.25) is 0 Å². The van der Waals surface area contributed by atoms with Crippen LogP contribution in [0.4, 0.5) is 4.79 Å². The van der Waals surface area contributed by atoms with Crippen LogP contribution >= 0.6 is 11.3 Å². The molecule has 1 aromatic heterocycles. The van der Waals surface area contributed by atoms with E-state index in [4.69, 9.17) is 9.72 Å². The monoisotopic (exact) mass is 445 g/mol. The summed E-state index contributed by atoms with van der Waals surface area (Å²) in [6.07, 6.45) is -0.257. The van der Waals surface area contributed by atoms with Crippen molar-refractivity contribution in [1.29, 1.82) is 0 Å². The number of phenols is 1. The quantitative estimate of drug-likeness (QED) is 0.721. The lowest BCUT2D eigenvalue weighted by atomic mass is 9.78. The third-order valence-corrected chi connectivity index (χ3v) is 6.57. The number of carbonyl (C=O) groups excluding carboxylic acids is 1. The van der Waals surface area contributed by atoms with Gasteiger partial charge in [0.1, 0.15) is 10.8 Å². The fourth-order valence-electron chi connectivity index (χ4n) is 3.85. The first-order chi connectivity index (χ1) is 14.4. The average Bonchev–Trinajstić information content (AvgIpc) is 3.14. The predicted octanol–water partition coefficient (Wildman–Crippen LogP) is 4.99. The minimum absolute atomic E-state index is 0.168. The highest BCUT2D eigenvalue weighted by Crippen LogP contribution is 2.42. The molecule has 1 aliphatic rings. The van der Waals surface area contributed by atoms with Gasteiger partial charge in [-0.15, -0.1) is 11.3 Å². The predicted molar refractivity (Wildman–Crippen MR) is 126 cm³/mol. The summed E-state index contributed by atoms with van der Waals surface area (Å²) >= 11 is 1.66. The summed E-state index contributed by atoms with van der Waals surface area (Å²) in [4.78, 5) is 20.6. The molecule has 0 saturated carbocycles. The average molecular weight is 446 g/mol. The first-order valence-electron chi connectivity index (χ1n) is 10.8. The molecule has 1 aliphatic heterocycles. The minimum Gasteiger partial charge on any atom is -0.507 e. The smallest absolute Gasteiger partial charge is 0.409 e. The molecule has 0 atom stereocenters. The number of methoxy groups -OCH3 is 1. The van der Waals surface area contributed by atoms with Crippen LogP contribution in [0.15, 0.2) is 17.5 Å². The Morgan fingerprint density at radius 1 is 1.06 bits per heavy atom. The lowest BCUT2D eigenvalue weighted by Gasteiger charge is -2.33. The van der Waals surface area contributed by atoms with Crippen molar-refractivity contribution < 1.29 is 14.6 Å². The van der Waals surface area contributed by atoms with Crippen LogP contribution in [0.1, 0.15) is 57.7 Å². The first-order valence-corrected chi connectivity index (χ1v) is 11.7. The standard InChI is InChI=1S/C24H35N3O3S/c1-23(2,3)17-12-16(13-18(21(17)28)24(4,5)6)19-15-31-20(25-19)14-26-8-10-27(11-9-26)22(29)30-7/h12-13,15,28H,8-11,14H2,1-7H3. The summed E-state index contributed by atoms with van der Waals surface area (Å²) < 4.78 is 4.81. The zero-order valence-corrected chi connectivity index (χ0v) is 20.6. The topological polar surface area (TPSA) is 65.9 Å². The van der Waals surface area contributed by atoms with Crippen molar-refractivity contribution in [2.75, 3.05) is 33.3 Å². The molecule has 170 valence electrons. The van der Waals surface area contributed by atoms with Crippen molar-refractivity contribution in [3.63, 3.8) is 0 Å². The normalized spacial score (nSPS) is 15.9. The second kappa shape index (κ2) is 8.79. The summed E-state index contributed by atoms with van der Waals surface area (Å²) in [5.41, 5.74) is 3.55.